The van der Waals surface area contributed by atoms with Gasteiger partial charge >= 0.3 is 0 Å². The topological polar surface area (TPSA) is 58.6 Å². The van der Waals surface area contributed by atoms with Crippen LogP contribution in [0.3, 0.4) is 0 Å². The number of para-hydroxylation sites is 2. The average molecular weight is 308 g/mol. The summed E-state index contributed by atoms with van der Waals surface area (Å²) in [6, 6.07) is 16.4. The van der Waals surface area contributed by atoms with Crippen molar-refractivity contribution in [2.24, 2.45) is 0 Å². The van der Waals surface area contributed by atoms with Crippen LogP contribution in [0.2, 0.25) is 0 Å². The Morgan fingerprint density at radius 1 is 0.913 bits per heavy atom. The number of likely N-dealkylation sites (N-methyl/N-ethyl adjacent to an activating group) is 1. The number of nitrogens with zero attached hydrogens (tertiary/aromatic N) is 1. The number of rotatable bonds is 4. The van der Waals surface area contributed by atoms with Gasteiger partial charge in [-0.3, -0.25) is 14.5 Å². The van der Waals surface area contributed by atoms with Crippen molar-refractivity contribution >= 4 is 23.1 Å². The fourth-order valence-electron chi connectivity index (χ4n) is 2.51. The number of benzene rings is 2. The monoisotopic (exact) mass is 308 g/mol. The van der Waals surface area contributed by atoms with Crippen LogP contribution in [-0.2, 0) is 9.59 Å². The largest absolute Gasteiger partial charge is 0.495 e. The van der Waals surface area contributed by atoms with E-state index in [1.54, 1.807) is 19.2 Å². The van der Waals surface area contributed by atoms with Gasteiger partial charge in [-0.2, -0.15) is 0 Å². The first-order valence-electron chi connectivity index (χ1n) is 7.15. The second-order valence-corrected chi connectivity index (χ2v) is 5.11. The van der Waals surface area contributed by atoms with E-state index in [1.165, 1.54) is 7.05 Å². The molecule has 3 rings (SSSR count). The van der Waals surface area contributed by atoms with E-state index < -0.39 is 0 Å². The third-order valence-electron chi connectivity index (χ3n) is 3.72. The molecule has 0 radical (unpaired) electrons. The molecule has 1 heterocycles. The molecule has 1 aliphatic rings. The van der Waals surface area contributed by atoms with E-state index in [4.69, 9.17) is 4.74 Å². The van der Waals surface area contributed by atoms with Crippen LogP contribution >= 0.6 is 0 Å². The Kier molecular flexibility index (Phi) is 3.85. The van der Waals surface area contributed by atoms with Crippen LogP contribution in [0, 0.1) is 0 Å². The molecule has 1 N–H and O–H groups in total. The highest BCUT2D eigenvalue weighted by Crippen LogP contribution is 2.32. The van der Waals surface area contributed by atoms with E-state index in [0.29, 0.717) is 22.6 Å². The highest BCUT2D eigenvalue weighted by molar-refractivity contribution is 6.36. The van der Waals surface area contributed by atoms with Gasteiger partial charge in [-0.05, 0) is 17.7 Å². The van der Waals surface area contributed by atoms with Crippen molar-refractivity contribution < 1.29 is 14.3 Å². The second-order valence-electron chi connectivity index (χ2n) is 5.11. The van der Waals surface area contributed by atoms with Crippen molar-refractivity contribution in [1.82, 2.24) is 4.90 Å². The van der Waals surface area contributed by atoms with Gasteiger partial charge in [0.15, 0.2) is 0 Å². The zero-order chi connectivity index (χ0) is 16.4. The minimum Gasteiger partial charge on any atom is -0.495 e. The number of amides is 2. The molecule has 23 heavy (non-hydrogen) atoms. The van der Waals surface area contributed by atoms with Crippen molar-refractivity contribution in [3.63, 3.8) is 0 Å². The number of hydrogen-bond acceptors (Lipinski definition) is 4. The first-order valence-corrected chi connectivity index (χ1v) is 7.15. The number of methoxy groups -OCH3 is 1. The van der Waals surface area contributed by atoms with Crippen LogP contribution in [0.15, 0.2) is 60.3 Å². The van der Waals surface area contributed by atoms with Crippen LogP contribution in [0.1, 0.15) is 5.56 Å². The van der Waals surface area contributed by atoms with E-state index >= 15 is 0 Å². The second kappa shape index (κ2) is 5.96. The number of carbonyl (C=O) groups excluding carboxylic acids is 2. The molecule has 1 aliphatic heterocycles. The normalized spacial score (nSPS) is 14.4. The van der Waals surface area contributed by atoms with Crippen LogP contribution in [0.25, 0.3) is 5.57 Å². The fourth-order valence-corrected chi connectivity index (χ4v) is 2.51. The Morgan fingerprint density at radius 2 is 1.57 bits per heavy atom. The molecule has 0 aliphatic carbocycles. The summed E-state index contributed by atoms with van der Waals surface area (Å²) in [7, 11) is 3.03. The van der Waals surface area contributed by atoms with Gasteiger partial charge in [0.1, 0.15) is 11.4 Å². The minimum atomic E-state index is -0.361. The van der Waals surface area contributed by atoms with E-state index in [0.717, 1.165) is 4.90 Å². The molecule has 5 heteroatoms. The number of hydrogen-bond donors (Lipinski definition) is 1. The lowest BCUT2D eigenvalue weighted by Crippen LogP contribution is -2.27. The lowest BCUT2D eigenvalue weighted by Gasteiger charge is -2.12. The predicted molar refractivity (Wildman–Crippen MR) is 87.8 cm³/mol. The summed E-state index contributed by atoms with van der Waals surface area (Å²) >= 11 is 0. The highest BCUT2D eigenvalue weighted by atomic mass is 16.5. The third-order valence-corrected chi connectivity index (χ3v) is 3.72. The molecule has 2 aromatic rings. The number of ether oxygens (including phenoxy) is 1. The Labute approximate surface area is 134 Å². The van der Waals surface area contributed by atoms with Gasteiger partial charge in [0.05, 0.1) is 18.4 Å². The molecule has 0 bridgehead atoms. The molecule has 116 valence electrons. The maximum absolute atomic E-state index is 12.4. The molecule has 0 atom stereocenters. The molecule has 0 unspecified atom stereocenters. The first kappa shape index (κ1) is 14.8. The molecule has 0 aromatic heterocycles. The van der Waals surface area contributed by atoms with Crippen molar-refractivity contribution in [1.29, 1.82) is 0 Å². The molecule has 0 fully saturated rings. The van der Waals surface area contributed by atoms with Crippen molar-refractivity contribution in [2.75, 3.05) is 19.5 Å². The molecule has 5 nitrogen and oxygen atoms in total. The maximum atomic E-state index is 12.4. The quantitative estimate of drug-likeness (QED) is 0.882. The zero-order valence-corrected chi connectivity index (χ0v) is 12.9. The first-order chi connectivity index (χ1) is 11.1. The molecule has 0 saturated heterocycles. The van der Waals surface area contributed by atoms with E-state index in [-0.39, 0.29) is 17.5 Å². The Bertz CT molecular complexity index is 797. The summed E-state index contributed by atoms with van der Waals surface area (Å²) in [6.45, 7) is 0. The van der Waals surface area contributed by atoms with Gasteiger partial charge in [-0.25, -0.2) is 0 Å². The summed E-state index contributed by atoms with van der Waals surface area (Å²) in [4.78, 5) is 26.0. The number of nitrogens with one attached hydrogen (secondary N) is 1. The van der Waals surface area contributed by atoms with Gasteiger partial charge in [-0.1, -0.05) is 42.5 Å². The van der Waals surface area contributed by atoms with Crippen molar-refractivity contribution in [3.8, 4) is 5.75 Å². The lowest BCUT2D eigenvalue weighted by molar-refractivity contribution is -0.135. The highest BCUT2D eigenvalue weighted by Gasteiger charge is 2.36. The Balaban J connectivity index is 2.10. The molecule has 2 amide bonds. The van der Waals surface area contributed by atoms with Gasteiger partial charge in [0, 0.05) is 7.05 Å². The Morgan fingerprint density at radius 3 is 2.26 bits per heavy atom. The molecular weight excluding hydrogens is 292 g/mol. The van der Waals surface area contributed by atoms with Crippen LogP contribution in [0.4, 0.5) is 5.69 Å². The third kappa shape index (κ3) is 2.57. The van der Waals surface area contributed by atoms with Crippen LogP contribution in [-0.4, -0.2) is 30.9 Å². The minimum absolute atomic E-state index is 0.258. The summed E-state index contributed by atoms with van der Waals surface area (Å²) in [5, 5.41) is 3.06. The number of carbonyl (C=O) groups is 2. The summed E-state index contributed by atoms with van der Waals surface area (Å²) in [6.07, 6.45) is 0. The molecule has 0 spiro atoms. The van der Waals surface area contributed by atoms with E-state index in [1.807, 2.05) is 42.5 Å². The van der Waals surface area contributed by atoms with Crippen molar-refractivity contribution in [2.45, 2.75) is 0 Å². The van der Waals surface area contributed by atoms with Crippen molar-refractivity contribution in [3.05, 3.63) is 65.9 Å². The van der Waals surface area contributed by atoms with Gasteiger partial charge in [-0.15, -0.1) is 0 Å². The SMILES string of the molecule is COc1ccccc1NC1=C(c2ccccc2)C(=O)N(C)C1=O. The number of imide groups is 1. The maximum Gasteiger partial charge on any atom is 0.277 e. The summed E-state index contributed by atoms with van der Waals surface area (Å²) < 4.78 is 5.29. The zero-order valence-electron chi connectivity index (χ0n) is 12.9. The molecular formula is C18H16N2O3. The summed E-state index contributed by atoms with van der Waals surface area (Å²) in [5.74, 6) is -0.0828. The lowest BCUT2D eigenvalue weighted by atomic mass is 10.0. The number of anilines is 1. The van der Waals surface area contributed by atoms with E-state index in [9.17, 15) is 9.59 Å². The van der Waals surface area contributed by atoms with E-state index in [2.05, 4.69) is 5.32 Å². The van der Waals surface area contributed by atoms with Crippen LogP contribution < -0.4 is 10.1 Å². The van der Waals surface area contributed by atoms with Gasteiger partial charge < -0.3 is 10.1 Å². The Hall–Kier alpha value is -3.08. The van der Waals surface area contributed by atoms with Gasteiger partial charge in [0.2, 0.25) is 0 Å². The van der Waals surface area contributed by atoms with Gasteiger partial charge in [0.25, 0.3) is 11.8 Å². The summed E-state index contributed by atoms with van der Waals surface area (Å²) in [5.41, 5.74) is 1.96. The fraction of sp³-hybridized carbons (Fsp3) is 0.111. The molecule has 0 saturated carbocycles. The average Bonchev–Trinajstić information content (AvgIpc) is 2.80. The molecule has 2 aromatic carbocycles. The standard InChI is InChI=1S/C18H16N2O3/c1-20-17(21)15(12-8-4-3-5-9-12)16(18(20)22)19-13-10-6-7-11-14(13)23-2/h3-11,19H,1-2H3. The smallest absolute Gasteiger partial charge is 0.277 e. The van der Waals surface area contributed by atoms with Crippen LogP contribution in [0.5, 0.6) is 5.75 Å². The predicted octanol–water partition coefficient (Wildman–Crippen LogP) is 2.52.